The number of fused-ring (bicyclic) bond motifs is 1. The first-order valence-electron chi connectivity index (χ1n) is 13.7. The highest BCUT2D eigenvalue weighted by Gasteiger charge is 2.27. The lowest BCUT2D eigenvalue weighted by atomic mass is 9.96. The quantitative estimate of drug-likeness (QED) is 0.225. The lowest BCUT2D eigenvalue weighted by Crippen LogP contribution is -2.41. The van der Waals surface area contributed by atoms with Gasteiger partial charge in [0.15, 0.2) is 5.16 Å². The van der Waals surface area contributed by atoms with Gasteiger partial charge in [-0.25, -0.2) is 4.98 Å². The average Bonchev–Trinajstić information content (AvgIpc) is 3.01. The highest BCUT2D eigenvalue weighted by atomic mass is 32.2. The van der Waals surface area contributed by atoms with Gasteiger partial charge in [0.1, 0.15) is 5.75 Å². The van der Waals surface area contributed by atoms with Crippen LogP contribution in [0.3, 0.4) is 0 Å². The Kier molecular flexibility index (Phi) is 8.87. The fourth-order valence-corrected chi connectivity index (χ4v) is 5.69. The molecule has 0 atom stereocenters. The van der Waals surface area contributed by atoms with Crippen molar-refractivity contribution in [2.75, 3.05) is 30.8 Å². The van der Waals surface area contributed by atoms with E-state index in [1.165, 1.54) is 4.57 Å². The molecule has 3 aromatic carbocycles. The van der Waals surface area contributed by atoms with E-state index in [-0.39, 0.29) is 35.0 Å². The third-order valence-corrected chi connectivity index (χ3v) is 8.00. The normalized spacial score (nSPS) is 13.6. The number of para-hydroxylation sites is 1. The minimum absolute atomic E-state index is 0.00538. The van der Waals surface area contributed by atoms with Gasteiger partial charge >= 0.3 is 0 Å². The molecule has 0 saturated carbocycles. The van der Waals surface area contributed by atoms with Gasteiger partial charge in [-0.1, -0.05) is 30.0 Å². The number of nitrogens with two attached hydrogens (primary N) is 1. The number of likely N-dealkylation sites (tertiary alicyclic amines) is 1. The summed E-state index contributed by atoms with van der Waals surface area (Å²) in [6.07, 6.45) is 1.04. The van der Waals surface area contributed by atoms with Crippen LogP contribution in [0.25, 0.3) is 16.6 Å². The standard InChI is InChI=1S/C31H31N5O5S/c1-2-41-24-11-9-22(10-12-24)33-27(37)19-42-31-34-26-18-21(29(39)35-16-14-20(15-17-35)28(32)38)8-13-25(26)30(40)36(31)23-6-4-3-5-7-23/h3-13,18,20H,2,14-17,19H2,1H3,(H2,32,38)(H,33,37). The Morgan fingerprint density at radius 1 is 1.02 bits per heavy atom. The summed E-state index contributed by atoms with van der Waals surface area (Å²) in [7, 11) is 0. The minimum atomic E-state index is -0.343. The lowest BCUT2D eigenvalue weighted by Gasteiger charge is -2.30. The van der Waals surface area contributed by atoms with Crippen LogP contribution in [0.15, 0.2) is 82.7 Å². The molecule has 1 aliphatic rings. The van der Waals surface area contributed by atoms with Crippen molar-refractivity contribution >= 4 is 46.1 Å². The topological polar surface area (TPSA) is 137 Å². The lowest BCUT2D eigenvalue weighted by molar-refractivity contribution is -0.123. The van der Waals surface area contributed by atoms with E-state index in [1.807, 2.05) is 25.1 Å². The SMILES string of the molecule is CCOc1ccc(NC(=O)CSc2nc3cc(C(=O)N4CCC(C(N)=O)CC4)ccc3c(=O)n2-c2ccccc2)cc1. The maximum atomic E-state index is 13.7. The molecule has 1 aromatic heterocycles. The summed E-state index contributed by atoms with van der Waals surface area (Å²) >= 11 is 1.13. The van der Waals surface area contributed by atoms with Gasteiger partial charge in [-0.3, -0.25) is 23.7 Å². The second-order valence-electron chi connectivity index (χ2n) is 9.87. The molecular formula is C31H31N5O5S. The van der Waals surface area contributed by atoms with Gasteiger partial charge < -0.3 is 20.7 Å². The van der Waals surface area contributed by atoms with Gasteiger partial charge in [-0.15, -0.1) is 0 Å². The molecule has 1 saturated heterocycles. The predicted molar refractivity (Wildman–Crippen MR) is 162 cm³/mol. The summed E-state index contributed by atoms with van der Waals surface area (Å²) in [6.45, 7) is 3.31. The van der Waals surface area contributed by atoms with E-state index in [9.17, 15) is 19.2 Å². The van der Waals surface area contributed by atoms with E-state index in [4.69, 9.17) is 15.5 Å². The van der Waals surface area contributed by atoms with Crippen LogP contribution in [0.5, 0.6) is 5.75 Å². The highest BCUT2D eigenvalue weighted by molar-refractivity contribution is 7.99. The molecule has 1 fully saturated rings. The molecule has 2 heterocycles. The van der Waals surface area contributed by atoms with Crippen molar-refractivity contribution in [2.45, 2.75) is 24.9 Å². The van der Waals surface area contributed by atoms with E-state index in [1.54, 1.807) is 59.5 Å². The molecule has 10 nitrogen and oxygen atoms in total. The van der Waals surface area contributed by atoms with Gasteiger partial charge in [-0.05, 0) is 74.4 Å². The maximum Gasteiger partial charge on any atom is 0.266 e. The number of anilines is 1. The number of hydrogen-bond acceptors (Lipinski definition) is 7. The summed E-state index contributed by atoms with van der Waals surface area (Å²) in [6, 6.07) is 21.0. The molecule has 216 valence electrons. The molecule has 3 amide bonds. The van der Waals surface area contributed by atoms with Crippen LogP contribution in [-0.4, -0.2) is 57.6 Å². The van der Waals surface area contributed by atoms with Crippen LogP contribution in [0.2, 0.25) is 0 Å². The number of amides is 3. The molecule has 0 unspecified atom stereocenters. The second kappa shape index (κ2) is 12.9. The van der Waals surface area contributed by atoms with Gasteiger partial charge in [0.25, 0.3) is 11.5 Å². The first-order chi connectivity index (χ1) is 20.3. The van der Waals surface area contributed by atoms with Crippen LogP contribution in [-0.2, 0) is 9.59 Å². The highest BCUT2D eigenvalue weighted by Crippen LogP contribution is 2.24. The van der Waals surface area contributed by atoms with Crippen LogP contribution in [0.4, 0.5) is 5.69 Å². The molecule has 0 radical (unpaired) electrons. The largest absolute Gasteiger partial charge is 0.494 e. The number of nitrogens with zero attached hydrogens (tertiary/aromatic N) is 3. The van der Waals surface area contributed by atoms with E-state index in [0.717, 1.165) is 11.8 Å². The Morgan fingerprint density at radius 2 is 1.74 bits per heavy atom. The van der Waals surface area contributed by atoms with E-state index in [0.29, 0.717) is 71.3 Å². The van der Waals surface area contributed by atoms with Crippen molar-refractivity contribution in [3.63, 3.8) is 0 Å². The molecule has 42 heavy (non-hydrogen) atoms. The van der Waals surface area contributed by atoms with Crippen LogP contribution < -0.4 is 21.3 Å². The van der Waals surface area contributed by atoms with E-state index < -0.39 is 0 Å². The fourth-order valence-electron chi connectivity index (χ4n) is 4.88. The second-order valence-corrected chi connectivity index (χ2v) is 10.8. The first kappa shape index (κ1) is 28.9. The summed E-state index contributed by atoms with van der Waals surface area (Å²) < 4.78 is 6.92. The van der Waals surface area contributed by atoms with Gasteiger partial charge in [0, 0.05) is 30.3 Å². The van der Waals surface area contributed by atoms with Crippen LogP contribution in [0.1, 0.15) is 30.1 Å². The molecule has 0 bridgehead atoms. The number of carbonyl (C=O) groups excluding carboxylic acids is 3. The smallest absolute Gasteiger partial charge is 0.266 e. The number of rotatable bonds is 9. The predicted octanol–water partition coefficient (Wildman–Crippen LogP) is 3.85. The van der Waals surface area contributed by atoms with Crippen molar-refractivity contribution in [3.05, 3.63) is 88.7 Å². The Labute approximate surface area is 246 Å². The molecular weight excluding hydrogens is 554 g/mol. The number of carbonyl (C=O) groups is 3. The van der Waals surface area contributed by atoms with E-state index in [2.05, 4.69) is 5.32 Å². The zero-order valence-corrected chi connectivity index (χ0v) is 23.9. The Bertz CT molecular complexity index is 1670. The summed E-state index contributed by atoms with van der Waals surface area (Å²) in [5, 5.41) is 3.53. The first-order valence-corrected chi connectivity index (χ1v) is 14.7. The number of thioether (sulfide) groups is 1. The fraction of sp³-hybridized carbons (Fsp3) is 0.258. The van der Waals surface area contributed by atoms with Gasteiger partial charge in [0.2, 0.25) is 11.8 Å². The number of aromatic nitrogens is 2. The van der Waals surface area contributed by atoms with Crippen molar-refractivity contribution < 1.29 is 19.1 Å². The molecule has 5 rings (SSSR count). The number of nitrogens with one attached hydrogen (secondary N) is 1. The van der Waals surface area contributed by atoms with E-state index >= 15 is 0 Å². The van der Waals surface area contributed by atoms with Crippen molar-refractivity contribution in [2.24, 2.45) is 11.7 Å². The molecule has 0 spiro atoms. The number of piperidine rings is 1. The molecule has 4 aromatic rings. The Morgan fingerprint density at radius 3 is 2.40 bits per heavy atom. The maximum absolute atomic E-state index is 13.7. The number of benzene rings is 3. The van der Waals surface area contributed by atoms with Crippen LogP contribution >= 0.6 is 11.8 Å². The van der Waals surface area contributed by atoms with Gasteiger partial charge in [0.05, 0.1) is 29.0 Å². The van der Waals surface area contributed by atoms with Crippen molar-refractivity contribution in [3.8, 4) is 11.4 Å². The number of primary amides is 1. The zero-order valence-electron chi connectivity index (χ0n) is 23.1. The molecule has 3 N–H and O–H groups in total. The molecule has 1 aliphatic heterocycles. The van der Waals surface area contributed by atoms with Crippen molar-refractivity contribution in [1.82, 2.24) is 14.5 Å². The average molecular weight is 586 g/mol. The third-order valence-electron chi connectivity index (χ3n) is 7.07. The Hall–Kier alpha value is -4.64. The third kappa shape index (κ3) is 6.46. The minimum Gasteiger partial charge on any atom is -0.494 e. The summed E-state index contributed by atoms with van der Waals surface area (Å²) in [5.41, 5.74) is 7.12. The number of hydrogen-bond donors (Lipinski definition) is 2. The molecule has 0 aliphatic carbocycles. The van der Waals surface area contributed by atoms with Crippen molar-refractivity contribution in [1.29, 1.82) is 0 Å². The monoisotopic (exact) mass is 585 g/mol. The Balaban J connectivity index is 1.40. The molecule has 11 heteroatoms. The summed E-state index contributed by atoms with van der Waals surface area (Å²) in [5.74, 6) is -0.310. The van der Waals surface area contributed by atoms with Crippen LogP contribution in [0, 0.1) is 5.92 Å². The number of ether oxygens (including phenoxy) is 1. The van der Waals surface area contributed by atoms with Gasteiger partial charge in [-0.2, -0.15) is 0 Å². The zero-order chi connectivity index (χ0) is 29.6. The summed E-state index contributed by atoms with van der Waals surface area (Å²) in [4.78, 5) is 57.7.